The maximum absolute atomic E-state index is 14.6. The molecular weight excluding hydrogens is 418 g/mol. The maximum Gasteiger partial charge on any atom is 0.390 e. The van der Waals surface area contributed by atoms with E-state index < -0.39 is 40.0 Å². The van der Waals surface area contributed by atoms with Crippen molar-refractivity contribution in [1.29, 1.82) is 0 Å². The number of halogens is 4. The number of aromatic nitrogens is 1. The number of ether oxygens (including phenoxy) is 1. The highest BCUT2D eigenvalue weighted by atomic mass is 32.2. The number of alkyl halides is 3. The first-order valence-electron chi connectivity index (χ1n) is 8.11. The molecule has 3 heterocycles. The highest BCUT2D eigenvalue weighted by Crippen LogP contribution is 2.41. The Bertz CT molecular complexity index is 945. The van der Waals surface area contributed by atoms with E-state index in [4.69, 9.17) is 10.5 Å². The largest absolute Gasteiger partial charge is 0.495 e. The van der Waals surface area contributed by atoms with Crippen LogP contribution in [0.2, 0.25) is 0 Å². The molecule has 152 valence electrons. The Morgan fingerprint density at radius 2 is 2.11 bits per heavy atom. The van der Waals surface area contributed by atoms with Crippen molar-refractivity contribution in [3.8, 4) is 16.2 Å². The van der Waals surface area contributed by atoms with Gasteiger partial charge in [0.2, 0.25) is 0 Å². The van der Waals surface area contributed by atoms with Crippen LogP contribution in [0.1, 0.15) is 24.3 Å². The molecule has 0 aliphatic carbocycles. The molecule has 0 aromatic carbocycles. The summed E-state index contributed by atoms with van der Waals surface area (Å²) in [7, 11) is -0.487. The molecule has 2 N–H and O–H groups in total. The number of hydrogen-bond acceptors (Lipinski definition) is 6. The van der Waals surface area contributed by atoms with Crippen LogP contribution in [0.3, 0.4) is 0 Å². The smallest absolute Gasteiger partial charge is 0.390 e. The summed E-state index contributed by atoms with van der Waals surface area (Å²) in [5.74, 6) is -0.699. The third-order valence-corrected chi connectivity index (χ3v) is 7.67. The first kappa shape index (κ1) is 20.7. The summed E-state index contributed by atoms with van der Waals surface area (Å²) in [4.78, 5) is 8.80. The zero-order valence-corrected chi connectivity index (χ0v) is 16.6. The summed E-state index contributed by atoms with van der Waals surface area (Å²) in [6.07, 6.45) is -2.85. The highest BCUT2D eigenvalue weighted by molar-refractivity contribution is 7.87. The average molecular weight is 435 g/mol. The van der Waals surface area contributed by atoms with Gasteiger partial charge in [-0.1, -0.05) is 0 Å². The van der Waals surface area contributed by atoms with Crippen LogP contribution in [0, 0.1) is 5.82 Å². The molecule has 0 fully saturated rings. The summed E-state index contributed by atoms with van der Waals surface area (Å²) in [6, 6.07) is 2.06. The van der Waals surface area contributed by atoms with Gasteiger partial charge in [0.1, 0.15) is 28.2 Å². The van der Waals surface area contributed by atoms with Gasteiger partial charge in [-0.3, -0.25) is 14.2 Å². The van der Waals surface area contributed by atoms with Gasteiger partial charge < -0.3 is 10.5 Å². The van der Waals surface area contributed by atoms with E-state index in [2.05, 4.69) is 9.98 Å². The topological polar surface area (TPSA) is 77.6 Å². The summed E-state index contributed by atoms with van der Waals surface area (Å²) in [6.45, 7) is 1.17. The second-order valence-corrected chi connectivity index (χ2v) is 9.51. The molecule has 1 aliphatic rings. The molecule has 1 aliphatic heterocycles. The third kappa shape index (κ3) is 4.04. The lowest BCUT2D eigenvalue weighted by Crippen LogP contribution is -2.52. The summed E-state index contributed by atoms with van der Waals surface area (Å²) < 4.78 is 68.9. The van der Waals surface area contributed by atoms with Gasteiger partial charge in [0.15, 0.2) is 0 Å². The van der Waals surface area contributed by atoms with Gasteiger partial charge in [0.25, 0.3) is 0 Å². The minimum Gasteiger partial charge on any atom is -0.495 e. The van der Waals surface area contributed by atoms with Crippen molar-refractivity contribution in [2.24, 2.45) is 10.7 Å². The molecule has 3 unspecified atom stereocenters. The van der Waals surface area contributed by atoms with E-state index >= 15 is 0 Å². The lowest BCUT2D eigenvalue weighted by Gasteiger charge is -2.34. The van der Waals surface area contributed by atoms with E-state index in [-0.39, 0.29) is 16.5 Å². The van der Waals surface area contributed by atoms with E-state index in [1.807, 2.05) is 0 Å². The number of rotatable bonds is 4. The van der Waals surface area contributed by atoms with E-state index in [9.17, 15) is 21.8 Å². The summed E-state index contributed by atoms with van der Waals surface area (Å²) >= 11 is 1.07. The number of aliphatic imine (C=N–C) groups is 1. The van der Waals surface area contributed by atoms with E-state index in [1.54, 1.807) is 6.07 Å². The number of pyridine rings is 1. The minimum absolute atomic E-state index is 0.170. The quantitative estimate of drug-likeness (QED) is 0.741. The van der Waals surface area contributed by atoms with E-state index in [0.29, 0.717) is 16.2 Å². The van der Waals surface area contributed by atoms with Crippen LogP contribution < -0.4 is 10.5 Å². The van der Waals surface area contributed by atoms with E-state index in [0.717, 1.165) is 11.3 Å². The number of methoxy groups -OCH3 is 1. The SMILES string of the molecule is COc1cncc(-c2cc(F)c(C3CS(=O)C(C)(CC(F)(F)F)C(N)=N3)s2)c1. The Labute approximate surface area is 165 Å². The first-order chi connectivity index (χ1) is 13.0. The van der Waals surface area contributed by atoms with Gasteiger partial charge in [-0.25, -0.2) is 4.39 Å². The summed E-state index contributed by atoms with van der Waals surface area (Å²) in [5, 5.41) is 0. The predicted molar refractivity (Wildman–Crippen MR) is 101 cm³/mol. The monoisotopic (exact) mass is 435 g/mol. The Balaban J connectivity index is 1.94. The second-order valence-electron chi connectivity index (χ2n) is 6.50. The fourth-order valence-electron chi connectivity index (χ4n) is 2.89. The number of nitrogens with two attached hydrogens (primary N) is 1. The van der Waals surface area contributed by atoms with Gasteiger partial charge in [0, 0.05) is 27.4 Å². The van der Waals surface area contributed by atoms with E-state index in [1.165, 1.54) is 32.5 Å². The van der Waals surface area contributed by atoms with Crippen LogP contribution in [-0.4, -0.2) is 38.8 Å². The van der Waals surface area contributed by atoms with Crippen LogP contribution in [0.4, 0.5) is 17.6 Å². The Morgan fingerprint density at radius 1 is 1.39 bits per heavy atom. The molecule has 28 heavy (non-hydrogen) atoms. The third-order valence-electron chi connectivity index (χ3n) is 4.44. The molecule has 0 amide bonds. The molecule has 0 spiro atoms. The fourth-order valence-corrected chi connectivity index (χ4v) is 5.56. The minimum atomic E-state index is -4.54. The van der Waals surface area contributed by atoms with Gasteiger partial charge in [-0.15, -0.1) is 11.3 Å². The lowest BCUT2D eigenvalue weighted by molar-refractivity contribution is -0.136. The highest BCUT2D eigenvalue weighted by Gasteiger charge is 2.49. The molecule has 0 saturated carbocycles. The molecule has 2 aromatic heterocycles. The number of hydrogen-bond donors (Lipinski definition) is 1. The molecule has 3 atom stereocenters. The van der Waals surface area contributed by atoms with Crippen molar-refractivity contribution in [2.45, 2.75) is 30.3 Å². The fraction of sp³-hybridized carbons (Fsp3) is 0.412. The molecule has 0 saturated heterocycles. The Kier molecular flexibility index (Phi) is 5.50. The predicted octanol–water partition coefficient (Wildman–Crippen LogP) is 3.83. The number of amidine groups is 1. The molecule has 3 rings (SSSR count). The number of thiophene rings is 1. The van der Waals surface area contributed by atoms with Crippen LogP contribution in [0.5, 0.6) is 5.75 Å². The Hall–Kier alpha value is -2.01. The van der Waals surface area contributed by atoms with Gasteiger partial charge in [-0.05, 0) is 19.1 Å². The van der Waals surface area contributed by atoms with Crippen molar-refractivity contribution in [1.82, 2.24) is 4.98 Å². The van der Waals surface area contributed by atoms with Crippen molar-refractivity contribution >= 4 is 28.0 Å². The van der Waals surface area contributed by atoms with Gasteiger partial charge in [0.05, 0.1) is 30.4 Å². The normalized spacial score (nSPS) is 25.4. The maximum atomic E-state index is 14.6. The average Bonchev–Trinajstić information content (AvgIpc) is 3.00. The first-order valence-corrected chi connectivity index (χ1v) is 10.2. The van der Waals surface area contributed by atoms with Crippen molar-refractivity contribution in [3.63, 3.8) is 0 Å². The molecule has 0 radical (unpaired) electrons. The second kappa shape index (κ2) is 7.43. The molecular formula is C17H17F4N3O2S2. The van der Waals surface area contributed by atoms with Gasteiger partial charge >= 0.3 is 6.18 Å². The van der Waals surface area contributed by atoms with Crippen LogP contribution in [0.25, 0.3) is 10.4 Å². The molecule has 2 aromatic rings. The zero-order valence-electron chi connectivity index (χ0n) is 14.9. The van der Waals surface area contributed by atoms with Crippen molar-refractivity contribution in [3.05, 3.63) is 35.2 Å². The van der Waals surface area contributed by atoms with Crippen molar-refractivity contribution in [2.75, 3.05) is 12.9 Å². The standard InChI is InChI=1S/C17H17F4N3O2S2/c1-16(8-17(19,20)21)15(22)24-12(7-28(16)25)14-11(18)4-13(27-14)9-3-10(26-2)6-23-5-9/h3-6,12H,7-8H2,1-2H3,(H2,22,24). The Morgan fingerprint density at radius 3 is 2.71 bits per heavy atom. The van der Waals surface area contributed by atoms with Gasteiger partial charge in [-0.2, -0.15) is 13.2 Å². The number of nitrogens with zero attached hydrogens (tertiary/aromatic N) is 2. The van der Waals surface area contributed by atoms with Crippen LogP contribution in [0.15, 0.2) is 29.5 Å². The van der Waals surface area contributed by atoms with Crippen LogP contribution in [-0.2, 0) is 10.8 Å². The molecule has 11 heteroatoms. The summed E-state index contributed by atoms with van der Waals surface area (Å²) in [5.41, 5.74) is 6.37. The molecule has 0 bridgehead atoms. The zero-order chi connectivity index (χ0) is 20.7. The lowest BCUT2D eigenvalue weighted by atomic mass is 10.0. The van der Waals surface area contributed by atoms with Crippen LogP contribution >= 0.6 is 11.3 Å². The van der Waals surface area contributed by atoms with Crippen molar-refractivity contribution < 1.29 is 26.5 Å². The molecule has 5 nitrogen and oxygen atoms in total.